The van der Waals surface area contributed by atoms with Crippen LogP contribution in [0.3, 0.4) is 0 Å². The van der Waals surface area contributed by atoms with Crippen LogP contribution in [-0.4, -0.2) is 22.2 Å². The van der Waals surface area contributed by atoms with Gasteiger partial charge < -0.3 is 5.73 Å². The molecule has 10 heavy (non-hydrogen) atoms. The molecule has 0 saturated carbocycles. The summed E-state index contributed by atoms with van der Waals surface area (Å²) in [6.45, 7) is 0. The van der Waals surface area contributed by atoms with Crippen molar-refractivity contribution in [2.45, 2.75) is 11.7 Å². The number of halogens is 1. The Balaban J connectivity index is 2.47. The second-order valence-corrected chi connectivity index (χ2v) is 3.47. The maximum atomic E-state index is 10.8. The van der Waals surface area contributed by atoms with Crippen LogP contribution < -0.4 is 5.73 Å². The average Bonchev–Trinajstić information content (AvgIpc) is 2.13. The number of hydrogen-bond acceptors (Lipinski definition) is 3. The lowest BCUT2D eigenvalue weighted by molar-refractivity contribution is -0.117. The van der Waals surface area contributed by atoms with E-state index < -0.39 is 0 Å². The van der Waals surface area contributed by atoms with Gasteiger partial charge in [0, 0.05) is 5.88 Å². The Bertz CT molecular complexity index is 182. The molecule has 56 valence electrons. The molecule has 2 N–H and O–H groups in total. The van der Waals surface area contributed by atoms with Gasteiger partial charge in [-0.05, 0) is 6.42 Å². The topological polar surface area (TPSA) is 55.4 Å². The number of nitrogens with zero attached hydrogens (tertiary/aromatic N) is 1. The van der Waals surface area contributed by atoms with E-state index in [0.29, 0.717) is 17.5 Å². The van der Waals surface area contributed by atoms with Crippen LogP contribution >= 0.6 is 23.4 Å². The molecular formula is C5H7ClN2OS. The number of carbonyl (C=O) groups is 1. The van der Waals surface area contributed by atoms with Gasteiger partial charge in [0.1, 0.15) is 0 Å². The van der Waals surface area contributed by atoms with Crippen LogP contribution in [0.5, 0.6) is 0 Å². The Morgan fingerprint density at radius 2 is 2.50 bits per heavy atom. The number of hydrogen-bond donors (Lipinski definition) is 1. The minimum Gasteiger partial charge on any atom is -0.378 e. The Labute approximate surface area is 68.0 Å². The van der Waals surface area contributed by atoms with Gasteiger partial charge in [0.2, 0.25) is 0 Å². The number of amides is 1. The standard InChI is InChI=1S/C5H7ClN2OS/c6-2-1-3-4(9)8-5(7)10-3/h3H,1-2H2,(H2,7,8,9)/t3-/m0/s1. The summed E-state index contributed by atoms with van der Waals surface area (Å²) in [4.78, 5) is 14.4. The highest BCUT2D eigenvalue weighted by Gasteiger charge is 2.25. The van der Waals surface area contributed by atoms with Crippen LogP contribution in [0.1, 0.15) is 6.42 Å². The third-order valence-corrected chi connectivity index (χ3v) is 2.40. The van der Waals surface area contributed by atoms with E-state index in [0.717, 1.165) is 0 Å². The number of amidine groups is 1. The van der Waals surface area contributed by atoms with Gasteiger partial charge in [-0.2, -0.15) is 4.99 Å². The molecule has 0 bridgehead atoms. The molecule has 0 spiro atoms. The molecule has 5 heteroatoms. The first-order valence-corrected chi connectivity index (χ1v) is 4.26. The Hall–Kier alpha value is -0.220. The molecule has 1 amide bonds. The van der Waals surface area contributed by atoms with Crippen molar-refractivity contribution >= 4 is 34.4 Å². The quantitative estimate of drug-likeness (QED) is 0.630. The maximum Gasteiger partial charge on any atom is 0.261 e. The molecule has 3 nitrogen and oxygen atoms in total. The van der Waals surface area contributed by atoms with Crippen molar-refractivity contribution in [2.24, 2.45) is 10.7 Å². The molecule has 0 saturated heterocycles. The van der Waals surface area contributed by atoms with Crippen LogP contribution in [0.25, 0.3) is 0 Å². The predicted molar refractivity (Wildman–Crippen MR) is 43.3 cm³/mol. The molecule has 0 unspecified atom stereocenters. The molecule has 0 aromatic rings. The Kier molecular flexibility index (Phi) is 2.56. The zero-order valence-electron chi connectivity index (χ0n) is 5.21. The summed E-state index contributed by atoms with van der Waals surface area (Å²) in [5.74, 6) is 0.329. The maximum absolute atomic E-state index is 10.8. The third kappa shape index (κ3) is 1.64. The van der Waals surface area contributed by atoms with Gasteiger partial charge in [0.25, 0.3) is 5.91 Å². The largest absolute Gasteiger partial charge is 0.378 e. The van der Waals surface area contributed by atoms with E-state index in [-0.39, 0.29) is 11.2 Å². The molecule has 1 aliphatic heterocycles. The van der Waals surface area contributed by atoms with Crippen molar-refractivity contribution in [3.8, 4) is 0 Å². The number of aliphatic imine (C=N–C) groups is 1. The van der Waals surface area contributed by atoms with Gasteiger partial charge in [-0.1, -0.05) is 11.8 Å². The number of thioether (sulfide) groups is 1. The molecule has 0 fully saturated rings. The van der Waals surface area contributed by atoms with E-state index in [1.54, 1.807) is 0 Å². The first kappa shape index (κ1) is 7.88. The van der Waals surface area contributed by atoms with E-state index >= 15 is 0 Å². The molecule has 0 aliphatic carbocycles. The van der Waals surface area contributed by atoms with E-state index in [1.807, 2.05) is 0 Å². The van der Waals surface area contributed by atoms with Crippen molar-refractivity contribution in [3.63, 3.8) is 0 Å². The van der Waals surface area contributed by atoms with Crippen molar-refractivity contribution in [1.29, 1.82) is 0 Å². The smallest absolute Gasteiger partial charge is 0.261 e. The summed E-state index contributed by atoms with van der Waals surface area (Å²) in [5.41, 5.74) is 5.29. The Morgan fingerprint density at radius 1 is 1.80 bits per heavy atom. The first-order valence-electron chi connectivity index (χ1n) is 2.84. The second kappa shape index (κ2) is 3.25. The number of rotatable bonds is 2. The fourth-order valence-corrected chi connectivity index (χ4v) is 1.86. The highest BCUT2D eigenvalue weighted by atomic mass is 35.5. The lowest BCUT2D eigenvalue weighted by atomic mass is 10.3. The number of alkyl halides is 1. The van der Waals surface area contributed by atoms with Crippen molar-refractivity contribution < 1.29 is 4.79 Å². The normalized spacial score (nSPS) is 25.1. The molecule has 0 radical (unpaired) electrons. The SMILES string of the molecule is NC1=NC(=O)[C@H](CCCl)S1. The molecule has 1 rings (SSSR count). The van der Waals surface area contributed by atoms with Gasteiger partial charge in [-0.3, -0.25) is 4.79 Å². The summed E-state index contributed by atoms with van der Waals surface area (Å²) in [7, 11) is 0. The fraction of sp³-hybridized carbons (Fsp3) is 0.600. The van der Waals surface area contributed by atoms with Crippen LogP contribution in [0.4, 0.5) is 0 Å². The number of carbonyl (C=O) groups excluding carboxylic acids is 1. The molecule has 0 aromatic carbocycles. The number of nitrogens with two attached hydrogens (primary N) is 1. The highest BCUT2D eigenvalue weighted by molar-refractivity contribution is 8.15. The van der Waals surface area contributed by atoms with Crippen LogP contribution in [-0.2, 0) is 4.79 Å². The first-order chi connectivity index (χ1) is 4.74. The van der Waals surface area contributed by atoms with Crippen molar-refractivity contribution in [2.75, 3.05) is 5.88 Å². The summed E-state index contributed by atoms with van der Waals surface area (Å²) in [6.07, 6.45) is 0.648. The molecule has 1 heterocycles. The van der Waals surface area contributed by atoms with Gasteiger partial charge in [-0.25, -0.2) is 0 Å². The minimum atomic E-state index is -0.150. The molecular weight excluding hydrogens is 172 g/mol. The van der Waals surface area contributed by atoms with Crippen LogP contribution in [0, 0.1) is 0 Å². The van der Waals surface area contributed by atoms with E-state index in [9.17, 15) is 4.79 Å². The van der Waals surface area contributed by atoms with Gasteiger partial charge in [-0.15, -0.1) is 11.6 Å². The zero-order chi connectivity index (χ0) is 7.56. The van der Waals surface area contributed by atoms with Gasteiger partial charge >= 0.3 is 0 Å². The van der Waals surface area contributed by atoms with Crippen LogP contribution in [0.2, 0.25) is 0 Å². The van der Waals surface area contributed by atoms with Crippen molar-refractivity contribution in [1.82, 2.24) is 0 Å². The Morgan fingerprint density at radius 3 is 2.90 bits per heavy atom. The molecule has 0 aromatic heterocycles. The van der Waals surface area contributed by atoms with E-state index in [2.05, 4.69) is 4.99 Å². The lowest BCUT2D eigenvalue weighted by Crippen LogP contribution is -2.11. The second-order valence-electron chi connectivity index (χ2n) is 1.87. The fourth-order valence-electron chi connectivity index (χ4n) is 0.685. The summed E-state index contributed by atoms with van der Waals surface area (Å²) in [6, 6.07) is 0. The average molecular weight is 179 g/mol. The van der Waals surface area contributed by atoms with Gasteiger partial charge in [0.05, 0.1) is 5.25 Å². The van der Waals surface area contributed by atoms with Gasteiger partial charge in [0.15, 0.2) is 5.17 Å². The zero-order valence-corrected chi connectivity index (χ0v) is 6.78. The predicted octanol–water partition coefficient (Wildman–Crippen LogP) is 0.572. The van der Waals surface area contributed by atoms with E-state index in [1.165, 1.54) is 11.8 Å². The minimum absolute atomic E-state index is 0.127. The summed E-state index contributed by atoms with van der Waals surface area (Å²) in [5, 5.41) is 0.234. The highest BCUT2D eigenvalue weighted by Crippen LogP contribution is 2.22. The summed E-state index contributed by atoms with van der Waals surface area (Å²) < 4.78 is 0. The lowest BCUT2D eigenvalue weighted by Gasteiger charge is -1.99. The van der Waals surface area contributed by atoms with Crippen LogP contribution in [0.15, 0.2) is 4.99 Å². The monoisotopic (exact) mass is 178 g/mol. The van der Waals surface area contributed by atoms with E-state index in [4.69, 9.17) is 17.3 Å². The molecule has 1 aliphatic rings. The van der Waals surface area contributed by atoms with Crippen molar-refractivity contribution in [3.05, 3.63) is 0 Å². The molecule has 1 atom stereocenters. The third-order valence-electron chi connectivity index (χ3n) is 1.13. The summed E-state index contributed by atoms with van der Waals surface area (Å²) >= 11 is 6.73.